The summed E-state index contributed by atoms with van der Waals surface area (Å²) in [6, 6.07) is 13.9. The molecule has 9 heteroatoms. The lowest BCUT2D eigenvalue weighted by atomic mass is 10.1. The van der Waals surface area contributed by atoms with E-state index < -0.39 is 17.1 Å². The van der Waals surface area contributed by atoms with Crippen LogP contribution in [0.2, 0.25) is 0 Å². The minimum Gasteiger partial charge on any atom is -0.490 e. The number of hydrogen-bond donors (Lipinski definition) is 0. The molecule has 2 aromatic carbocycles. The van der Waals surface area contributed by atoms with Gasteiger partial charge in [0, 0.05) is 0 Å². The number of thioether (sulfide) groups is 1. The van der Waals surface area contributed by atoms with Crippen LogP contribution in [-0.2, 0) is 20.9 Å². The molecule has 0 saturated carbocycles. The first-order valence-corrected chi connectivity index (χ1v) is 11.1. The number of amides is 2. The number of carbonyl (C=O) groups is 3. The molecule has 2 aromatic rings. The molecule has 1 aliphatic rings. The molecule has 1 fully saturated rings. The minimum atomic E-state index is -0.490. The predicted octanol–water partition coefficient (Wildman–Crippen LogP) is 4.14. The molecule has 0 aliphatic carbocycles. The second-order valence-corrected chi connectivity index (χ2v) is 7.76. The van der Waals surface area contributed by atoms with Gasteiger partial charge in [0.1, 0.15) is 0 Å². The van der Waals surface area contributed by atoms with Gasteiger partial charge in [-0.15, -0.1) is 0 Å². The van der Waals surface area contributed by atoms with Crippen molar-refractivity contribution in [1.82, 2.24) is 4.90 Å². The summed E-state index contributed by atoms with van der Waals surface area (Å²) in [6.07, 6.45) is 1.60. The monoisotopic (exact) mass is 466 g/mol. The molecule has 0 unspecified atom stereocenters. The first-order valence-electron chi connectivity index (χ1n) is 10.3. The van der Waals surface area contributed by atoms with Gasteiger partial charge >= 0.3 is 5.97 Å². The van der Waals surface area contributed by atoms with Gasteiger partial charge in [0.25, 0.3) is 11.1 Å². The van der Waals surface area contributed by atoms with Gasteiger partial charge in [-0.05, 0) is 61.0 Å². The molecule has 1 saturated heterocycles. The summed E-state index contributed by atoms with van der Waals surface area (Å²) in [5, 5.41) is 8.85. The quantitative estimate of drug-likeness (QED) is 0.401. The molecule has 0 aromatic heterocycles. The van der Waals surface area contributed by atoms with Gasteiger partial charge < -0.3 is 14.2 Å². The van der Waals surface area contributed by atoms with Crippen molar-refractivity contribution >= 4 is 35.0 Å². The molecule has 0 spiro atoms. The highest BCUT2D eigenvalue weighted by Crippen LogP contribution is 2.35. The van der Waals surface area contributed by atoms with Gasteiger partial charge in [-0.3, -0.25) is 14.5 Å². The van der Waals surface area contributed by atoms with E-state index in [1.54, 1.807) is 55.5 Å². The Kier molecular flexibility index (Phi) is 8.11. The third-order valence-electron chi connectivity index (χ3n) is 4.56. The zero-order valence-corrected chi connectivity index (χ0v) is 19.0. The number of carbonyl (C=O) groups excluding carboxylic acids is 3. The van der Waals surface area contributed by atoms with Crippen LogP contribution in [0.15, 0.2) is 47.4 Å². The fraction of sp³-hybridized carbons (Fsp3) is 0.250. The Morgan fingerprint density at radius 1 is 1.09 bits per heavy atom. The summed E-state index contributed by atoms with van der Waals surface area (Å²) >= 11 is 0.835. The second kappa shape index (κ2) is 11.2. The smallest absolute Gasteiger partial charge is 0.344 e. The number of rotatable bonds is 9. The summed E-state index contributed by atoms with van der Waals surface area (Å²) in [7, 11) is 0. The lowest BCUT2D eigenvalue weighted by Crippen LogP contribution is -2.27. The molecule has 170 valence electrons. The molecule has 0 radical (unpaired) electrons. The zero-order chi connectivity index (χ0) is 23.8. The average molecular weight is 467 g/mol. The summed E-state index contributed by atoms with van der Waals surface area (Å²) in [4.78, 5) is 38.3. The number of nitrogens with zero attached hydrogens (tertiary/aromatic N) is 2. The van der Waals surface area contributed by atoms with E-state index in [1.807, 2.05) is 6.92 Å². The van der Waals surface area contributed by atoms with E-state index in [-0.39, 0.29) is 24.7 Å². The number of hydrogen-bond acceptors (Lipinski definition) is 8. The van der Waals surface area contributed by atoms with E-state index in [4.69, 9.17) is 14.2 Å². The van der Waals surface area contributed by atoms with Crippen molar-refractivity contribution in [3.63, 3.8) is 0 Å². The Hall–Kier alpha value is -3.77. The largest absolute Gasteiger partial charge is 0.490 e. The molecular weight excluding hydrogens is 444 g/mol. The highest BCUT2D eigenvalue weighted by atomic mass is 32.2. The van der Waals surface area contributed by atoms with Crippen molar-refractivity contribution in [2.75, 3.05) is 19.8 Å². The SMILES string of the molecule is CCOC(=O)COc1ccc(/C=C2/SC(=O)N(Cc3ccccc3C#N)C2=O)cc1OCC. The van der Waals surface area contributed by atoms with Gasteiger partial charge in [-0.1, -0.05) is 24.3 Å². The van der Waals surface area contributed by atoms with Crippen LogP contribution in [0.1, 0.15) is 30.5 Å². The third kappa shape index (κ3) is 5.93. The molecule has 3 rings (SSSR count). The lowest BCUT2D eigenvalue weighted by Gasteiger charge is -2.13. The average Bonchev–Trinajstić information content (AvgIpc) is 3.06. The Balaban J connectivity index is 1.78. The van der Waals surface area contributed by atoms with Gasteiger partial charge in [-0.25, -0.2) is 4.79 Å². The highest BCUT2D eigenvalue weighted by Gasteiger charge is 2.35. The van der Waals surface area contributed by atoms with Crippen molar-refractivity contribution < 1.29 is 28.6 Å². The normalized spacial score (nSPS) is 14.3. The maximum Gasteiger partial charge on any atom is 0.344 e. The second-order valence-electron chi connectivity index (χ2n) is 6.77. The lowest BCUT2D eigenvalue weighted by molar-refractivity contribution is -0.145. The summed E-state index contributed by atoms with van der Waals surface area (Å²) in [5.74, 6) is -0.157. The van der Waals surface area contributed by atoms with Crippen LogP contribution < -0.4 is 9.47 Å². The van der Waals surface area contributed by atoms with Crippen molar-refractivity contribution in [1.29, 1.82) is 5.26 Å². The molecule has 33 heavy (non-hydrogen) atoms. The fourth-order valence-corrected chi connectivity index (χ4v) is 3.90. The Labute approximate surface area is 195 Å². The maximum absolute atomic E-state index is 12.9. The van der Waals surface area contributed by atoms with Gasteiger partial charge in [0.2, 0.25) is 0 Å². The standard InChI is InChI=1S/C24H22N2O6S/c1-3-30-20-11-16(9-10-19(20)32-15-22(27)31-4-2)12-21-23(28)26(24(29)33-21)14-18-8-6-5-7-17(18)13-25/h5-12H,3-4,14-15H2,1-2H3/b21-12+. The highest BCUT2D eigenvalue weighted by molar-refractivity contribution is 8.18. The number of ether oxygens (including phenoxy) is 3. The molecule has 8 nitrogen and oxygen atoms in total. The van der Waals surface area contributed by atoms with Crippen molar-refractivity contribution in [2.24, 2.45) is 0 Å². The van der Waals surface area contributed by atoms with Crippen LogP contribution in [0.3, 0.4) is 0 Å². The molecule has 1 aliphatic heterocycles. The van der Waals surface area contributed by atoms with Gasteiger partial charge in [0.05, 0.1) is 36.3 Å². The van der Waals surface area contributed by atoms with E-state index in [9.17, 15) is 19.6 Å². The number of esters is 1. The fourth-order valence-electron chi connectivity index (χ4n) is 3.07. The molecule has 2 amide bonds. The molecular formula is C24H22N2O6S. The Bertz CT molecular complexity index is 1140. The van der Waals surface area contributed by atoms with E-state index in [0.717, 1.165) is 16.7 Å². The summed E-state index contributed by atoms with van der Waals surface area (Å²) in [5.41, 5.74) is 1.65. The zero-order valence-electron chi connectivity index (χ0n) is 18.2. The Morgan fingerprint density at radius 3 is 2.61 bits per heavy atom. The predicted molar refractivity (Wildman–Crippen MR) is 122 cm³/mol. The van der Waals surface area contributed by atoms with Crippen LogP contribution in [-0.4, -0.2) is 41.8 Å². The van der Waals surface area contributed by atoms with Crippen molar-refractivity contribution in [2.45, 2.75) is 20.4 Å². The van der Waals surface area contributed by atoms with Gasteiger partial charge in [0.15, 0.2) is 18.1 Å². The van der Waals surface area contributed by atoms with Crippen molar-refractivity contribution in [3.8, 4) is 17.6 Å². The molecule has 0 bridgehead atoms. The van der Waals surface area contributed by atoms with E-state index in [1.165, 1.54) is 0 Å². The van der Waals surface area contributed by atoms with E-state index in [2.05, 4.69) is 6.07 Å². The van der Waals surface area contributed by atoms with Gasteiger partial charge in [-0.2, -0.15) is 5.26 Å². The topological polar surface area (TPSA) is 106 Å². The minimum absolute atomic E-state index is 0.0244. The molecule has 0 atom stereocenters. The van der Waals surface area contributed by atoms with Crippen LogP contribution in [0.25, 0.3) is 6.08 Å². The molecule has 0 N–H and O–H groups in total. The van der Waals surface area contributed by atoms with Crippen LogP contribution in [0.4, 0.5) is 4.79 Å². The molecule has 1 heterocycles. The van der Waals surface area contributed by atoms with Crippen LogP contribution in [0, 0.1) is 11.3 Å². The first kappa shape index (κ1) is 23.9. The first-order chi connectivity index (χ1) is 16.0. The number of benzene rings is 2. The van der Waals surface area contributed by atoms with Crippen LogP contribution >= 0.6 is 11.8 Å². The maximum atomic E-state index is 12.9. The Morgan fingerprint density at radius 2 is 1.88 bits per heavy atom. The van der Waals surface area contributed by atoms with E-state index >= 15 is 0 Å². The van der Waals surface area contributed by atoms with E-state index in [0.29, 0.717) is 34.8 Å². The summed E-state index contributed by atoms with van der Waals surface area (Å²) in [6.45, 7) is 3.92. The number of nitriles is 1. The van der Waals surface area contributed by atoms with Crippen LogP contribution in [0.5, 0.6) is 11.5 Å². The summed E-state index contributed by atoms with van der Waals surface area (Å²) < 4.78 is 15.9. The third-order valence-corrected chi connectivity index (χ3v) is 5.46. The van der Waals surface area contributed by atoms with Crippen molar-refractivity contribution in [3.05, 3.63) is 64.1 Å². The number of imide groups is 1.